The lowest BCUT2D eigenvalue weighted by atomic mass is 10.2. The second-order valence-electron chi connectivity index (χ2n) is 5.68. The highest BCUT2D eigenvalue weighted by molar-refractivity contribution is 5.88. The molecule has 9 heteroatoms. The minimum absolute atomic E-state index is 0.150. The number of aromatic nitrogens is 3. The Labute approximate surface area is 161 Å². The van der Waals surface area contributed by atoms with Crippen molar-refractivity contribution in [2.75, 3.05) is 21.3 Å². The molecule has 3 rings (SSSR count). The van der Waals surface area contributed by atoms with E-state index in [1.165, 1.54) is 27.5 Å². The topological polar surface area (TPSA) is 106 Å². The zero-order valence-corrected chi connectivity index (χ0v) is 15.9. The first kappa shape index (κ1) is 19.2. The van der Waals surface area contributed by atoms with Crippen molar-refractivity contribution < 1.29 is 28.2 Å². The third-order valence-electron chi connectivity index (χ3n) is 3.85. The molecule has 0 radical (unpaired) electrons. The number of methoxy groups -OCH3 is 3. The van der Waals surface area contributed by atoms with Gasteiger partial charge in [0, 0.05) is 17.5 Å². The summed E-state index contributed by atoms with van der Waals surface area (Å²) >= 11 is 0. The number of carbonyl (C=O) groups is 1. The van der Waals surface area contributed by atoms with Gasteiger partial charge in [0.05, 0.1) is 26.9 Å². The predicted octanol–water partition coefficient (Wildman–Crippen LogP) is 2.82. The fraction of sp³-hybridized carbons (Fsp3) is 0.263. The van der Waals surface area contributed by atoms with Gasteiger partial charge in [-0.2, -0.15) is 0 Å². The van der Waals surface area contributed by atoms with Gasteiger partial charge in [-0.15, -0.1) is 10.2 Å². The van der Waals surface area contributed by atoms with Gasteiger partial charge in [0.2, 0.25) is 11.6 Å². The fourth-order valence-corrected chi connectivity index (χ4v) is 2.43. The Morgan fingerprint density at radius 3 is 2.32 bits per heavy atom. The second-order valence-corrected chi connectivity index (χ2v) is 5.68. The van der Waals surface area contributed by atoms with Crippen LogP contribution in [-0.2, 0) is 11.3 Å². The van der Waals surface area contributed by atoms with E-state index in [2.05, 4.69) is 15.2 Å². The van der Waals surface area contributed by atoms with Crippen LogP contribution in [0.25, 0.3) is 11.5 Å². The number of benzene rings is 1. The van der Waals surface area contributed by atoms with Crippen LogP contribution in [0.15, 0.2) is 34.9 Å². The number of rotatable bonds is 7. The van der Waals surface area contributed by atoms with Gasteiger partial charge >= 0.3 is 5.97 Å². The van der Waals surface area contributed by atoms with Gasteiger partial charge in [-0.3, -0.25) is 4.98 Å². The Hall–Kier alpha value is -3.62. The Morgan fingerprint density at radius 1 is 1.04 bits per heavy atom. The van der Waals surface area contributed by atoms with Crippen molar-refractivity contribution in [2.45, 2.75) is 13.5 Å². The first-order valence-corrected chi connectivity index (χ1v) is 8.28. The number of ether oxygens (including phenoxy) is 4. The second kappa shape index (κ2) is 8.38. The van der Waals surface area contributed by atoms with Crippen molar-refractivity contribution in [3.8, 4) is 28.7 Å². The summed E-state index contributed by atoms with van der Waals surface area (Å²) in [6.45, 7) is 1.67. The minimum atomic E-state index is -0.528. The third kappa shape index (κ3) is 4.03. The molecule has 0 aliphatic rings. The van der Waals surface area contributed by atoms with Gasteiger partial charge in [0.1, 0.15) is 0 Å². The average molecular weight is 385 g/mol. The van der Waals surface area contributed by atoms with Crippen molar-refractivity contribution in [3.05, 3.63) is 47.6 Å². The first-order valence-electron chi connectivity index (χ1n) is 8.28. The van der Waals surface area contributed by atoms with Gasteiger partial charge in [-0.05, 0) is 31.2 Å². The SMILES string of the molecule is COc1cc(-c2nnc(COC(=O)c3ccc(C)nc3)o2)cc(OC)c1OC. The summed E-state index contributed by atoms with van der Waals surface area (Å²) in [7, 11) is 4.54. The fourth-order valence-electron chi connectivity index (χ4n) is 2.43. The Morgan fingerprint density at radius 2 is 1.75 bits per heavy atom. The van der Waals surface area contributed by atoms with Crippen LogP contribution in [0.2, 0.25) is 0 Å². The lowest BCUT2D eigenvalue weighted by Crippen LogP contribution is -2.06. The highest BCUT2D eigenvalue weighted by Gasteiger charge is 2.18. The highest BCUT2D eigenvalue weighted by atomic mass is 16.5. The van der Waals surface area contributed by atoms with Crippen LogP contribution in [0.4, 0.5) is 0 Å². The smallest absolute Gasteiger partial charge is 0.340 e. The Balaban J connectivity index is 1.75. The van der Waals surface area contributed by atoms with E-state index in [-0.39, 0.29) is 18.4 Å². The van der Waals surface area contributed by atoms with Crippen LogP contribution in [0.3, 0.4) is 0 Å². The molecule has 0 saturated heterocycles. The van der Waals surface area contributed by atoms with Crippen LogP contribution in [0.1, 0.15) is 21.9 Å². The molecule has 3 aromatic rings. The van der Waals surface area contributed by atoms with Gasteiger partial charge in [-0.25, -0.2) is 4.79 Å². The Bertz CT molecular complexity index is 943. The predicted molar refractivity (Wildman–Crippen MR) is 97.5 cm³/mol. The van der Waals surface area contributed by atoms with E-state index in [1.54, 1.807) is 24.3 Å². The molecule has 0 atom stereocenters. The molecule has 0 aliphatic heterocycles. The van der Waals surface area contributed by atoms with E-state index in [0.717, 1.165) is 5.69 Å². The number of carbonyl (C=O) groups excluding carboxylic acids is 1. The van der Waals surface area contributed by atoms with Crippen LogP contribution in [0.5, 0.6) is 17.2 Å². The van der Waals surface area contributed by atoms with Crippen LogP contribution in [0, 0.1) is 6.92 Å². The van der Waals surface area contributed by atoms with Crippen LogP contribution in [-0.4, -0.2) is 42.5 Å². The molecule has 0 bridgehead atoms. The van der Waals surface area contributed by atoms with E-state index < -0.39 is 5.97 Å². The van der Waals surface area contributed by atoms with Crippen molar-refractivity contribution in [1.29, 1.82) is 0 Å². The summed E-state index contributed by atoms with van der Waals surface area (Å²) < 4.78 is 26.7. The van der Waals surface area contributed by atoms with Gasteiger partial charge in [0.15, 0.2) is 18.1 Å². The summed E-state index contributed by atoms with van der Waals surface area (Å²) in [4.78, 5) is 16.1. The molecule has 28 heavy (non-hydrogen) atoms. The summed E-state index contributed by atoms with van der Waals surface area (Å²) in [6, 6.07) is 6.73. The summed E-state index contributed by atoms with van der Waals surface area (Å²) in [5.41, 5.74) is 1.72. The summed E-state index contributed by atoms with van der Waals surface area (Å²) in [6.07, 6.45) is 1.45. The number of esters is 1. The number of aryl methyl sites for hydroxylation is 1. The third-order valence-corrected chi connectivity index (χ3v) is 3.85. The van der Waals surface area contributed by atoms with Crippen molar-refractivity contribution in [3.63, 3.8) is 0 Å². The maximum Gasteiger partial charge on any atom is 0.340 e. The number of nitrogens with zero attached hydrogens (tertiary/aromatic N) is 3. The van der Waals surface area contributed by atoms with E-state index >= 15 is 0 Å². The monoisotopic (exact) mass is 385 g/mol. The van der Waals surface area contributed by atoms with Crippen LogP contribution >= 0.6 is 0 Å². The molecule has 0 unspecified atom stereocenters. The molecule has 146 valence electrons. The number of hydrogen-bond donors (Lipinski definition) is 0. The summed E-state index contributed by atoms with van der Waals surface area (Å²) in [5.74, 6) is 1.21. The molecular weight excluding hydrogens is 366 g/mol. The molecule has 0 spiro atoms. The zero-order chi connectivity index (χ0) is 20.1. The molecule has 2 aromatic heterocycles. The van der Waals surface area contributed by atoms with Crippen molar-refractivity contribution in [1.82, 2.24) is 15.2 Å². The maximum atomic E-state index is 12.0. The lowest BCUT2D eigenvalue weighted by Gasteiger charge is -2.12. The molecule has 1 aromatic carbocycles. The van der Waals surface area contributed by atoms with Gasteiger partial charge < -0.3 is 23.4 Å². The highest BCUT2D eigenvalue weighted by Crippen LogP contribution is 2.40. The molecule has 0 fully saturated rings. The van der Waals surface area contributed by atoms with Crippen molar-refractivity contribution in [2.24, 2.45) is 0 Å². The molecule has 0 N–H and O–H groups in total. The van der Waals surface area contributed by atoms with E-state index in [9.17, 15) is 4.79 Å². The Kier molecular flexibility index (Phi) is 5.73. The summed E-state index contributed by atoms with van der Waals surface area (Å²) in [5, 5.41) is 7.89. The zero-order valence-electron chi connectivity index (χ0n) is 15.9. The standard InChI is InChI=1S/C19H19N3O6/c1-11-5-6-12(9-20-11)19(23)27-10-16-21-22-18(28-16)13-7-14(24-2)17(26-4)15(8-13)25-3/h5-9H,10H2,1-4H3. The molecule has 0 aliphatic carbocycles. The maximum absolute atomic E-state index is 12.0. The van der Waals surface area contributed by atoms with Crippen molar-refractivity contribution >= 4 is 5.97 Å². The quantitative estimate of drug-likeness (QED) is 0.567. The van der Waals surface area contributed by atoms with Gasteiger partial charge in [0.25, 0.3) is 5.89 Å². The minimum Gasteiger partial charge on any atom is -0.493 e. The van der Waals surface area contributed by atoms with E-state index in [4.69, 9.17) is 23.4 Å². The largest absolute Gasteiger partial charge is 0.493 e. The van der Waals surface area contributed by atoms with Gasteiger partial charge in [-0.1, -0.05) is 0 Å². The van der Waals surface area contributed by atoms with E-state index in [0.29, 0.717) is 28.4 Å². The number of hydrogen-bond acceptors (Lipinski definition) is 9. The lowest BCUT2D eigenvalue weighted by molar-refractivity contribution is 0.0438. The molecule has 2 heterocycles. The molecule has 9 nitrogen and oxygen atoms in total. The normalized spacial score (nSPS) is 10.4. The molecule has 0 saturated carbocycles. The van der Waals surface area contributed by atoms with E-state index in [1.807, 2.05) is 6.92 Å². The molecular formula is C19H19N3O6. The molecule has 0 amide bonds. The first-order chi connectivity index (χ1) is 13.5. The number of pyridine rings is 1. The average Bonchev–Trinajstić information content (AvgIpc) is 3.20. The van der Waals surface area contributed by atoms with Crippen LogP contribution < -0.4 is 14.2 Å².